The molecule has 2 N–H and O–H groups in total. The number of rotatable bonds is 6. The van der Waals surface area contributed by atoms with Crippen molar-refractivity contribution in [3.63, 3.8) is 0 Å². The van der Waals surface area contributed by atoms with Gasteiger partial charge in [-0.05, 0) is 57.6 Å². The van der Waals surface area contributed by atoms with Gasteiger partial charge in [0, 0.05) is 30.2 Å². The molecule has 0 aliphatic carbocycles. The number of nitrogens with one attached hydrogen (secondary N) is 2. The molecule has 1 aliphatic rings. The summed E-state index contributed by atoms with van der Waals surface area (Å²) in [5.74, 6) is -0.353. The summed E-state index contributed by atoms with van der Waals surface area (Å²) in [5, 5.41) is 7.62. The maximum absolute atomic E-state index is 14.7. The Kier molecular flexibility index (Phi) is 7.10. The third kappa shape index (κ3) is 5.68. The van der Waals surface area contributed by atoms with Crippen molar-refractivity contribution >= 4 is 28.7 Å². The highest BCUT2D eigenvalue weighted by Gasteiger charge is 2.24. The Morgan fingerprint density at radius 1 is 1.31 bits per heavy atom. The van der Waals surface area contributed by atoms with Gasteiger partial charge in [-0.15, -0.1) is 11.3 Å². The van der Waals surface area contributed by atoms with Gasteiger partial charge >= 0.3 is 6.03 Å². The molecule has 3 rings (SSSR count). The van der Waals surface area contributed by atoms with Crippen molar-refractivity contribution in [1.82, 2.24) is 10.2 Å². The van der Waals surface area contributed by atoms with Gasteiger partial charge in [-0.2, -0.15) is 0 Å². The van der Waals surface area contributed by atoms with Crippen molar-refractivity contribution in [2.45, 2.75) is 32.1 Å². The third-order valence-corrected chi connectivity index (χ3v) is 5.89. The summed E-state index contributed by atoms with van der Waals surface area (Å²) in [6.45, 7) is 5.71. The Balaban J connectivity index is 1.58. The van der Waals surface area contributed by atoms with E-state index in [1.54, 1.807) is 23.5 Å². The number of morpholine rings is 1. The fourth-order valence-electron chi connectivity index (χ4n) is 3.60. The summed E-state index contributed by atoms with van der Waals surface area (Å²) in [5.41, 5.74) is 0.957. The predicted octanol–water partition coefficient (Wildman–Crippen LogP) is 3.93. The molecule has 2 aromatic rings. The molecule has 2 amide bonds. The van der Waals surface area contributed by atoms with Gasteiger partial charge in [-0.1, -0.05) is 6.07 Å². The minimum Gasteiger partial charge on any atom is -0.372 e. The standard InChI is InChI=1S/C21H29FN4O2S/c1-14-12-26(13-15(2)28-14)18-8-7-16(10-17(18)22)24-21(27)23-11-19(25(3)4)20-6-5-9-29-20/h5-10,14-15,19H,11-13H2,1-4H3,(H2,23,24,27)/t14-,15+,19-/m1/s1. The van der Waals surface area contributed by atoms with E-state index >= 15 is 0 Å². The van der Waals surface area contributed by atoms with E-state index < -0.39 is 0 Å². The lowest BCUT2D eigenvalue weighted by molar-refractivity contribution is -0.00539. The van der Waals surface area contributed by atoms with Gasteiger partial charge in [0.25, 0.3) is 0 Å². The Morgan fingerprint density at radius 2 is 2.03 bits per heavy atom. The van der Waals surface area contributed by atoms with E-state index in [0.29, 0.717) is 31.0 Å². The van der Waals surface area contributed by atoms with E-state index in [4.69, 9.17) is 4.74 Å². The number of amides is 2. The highest BCUT2D eigenvalue weighted by molar-refractivity contribution is 7.10. The largest absolute Gasteiger partial charge is 0.372 e. The lowest BCUT2D eigenvalue weighted by Gasteiger charge is -2.37. The quantitative estimate of drug-likeness (QED) is 0.744. The van der Waals surface area contributed by atoms with Crippen LogP contribution in [0.5, 0.6) is 0 Å². The number of urea groups is 1. The number of carbonyl (C=O) groups excluding carboxylic acids is 1. The maximum atomic E-state index is 14.7. The van der Waals surface area contributed by atoms with Crippen LogP contribution in [0.25, 0.3) is 0 Å². The Morgan fingerprint density at radius 3 is 2.62 bits per heavy atom. The normalized spacial score (nSPS) is 20.6. The van der Waals surface area contributed by atoms with Crippen molar-refractivity contribution in [3.8, 4) is 0 Å². The second-order valence-corrected chi connectivity index (χ2v) is 8.64. The molecule has 8 heteroatoms. The number of benzene rings is 1. The van der Waals surface area contributed by atoms with Crippen LogP contribution < -0.4 is 15.5 Å². The zero-order valence-electron chi connectivity index (χ0n) is 17.3. The summed E-state index contributed by atoms with van der Waals surface area (Å²) < 4.78 is 20.4. The molecule has 6 nitrogen and oxygen atoms in total. The monoisotopic (exact) mass is 420 g/mol. The summed E-state index contributed by atoms with van der Waals surface area (Å²) >= 11 is 1.66. The fourth-order valence-corrected chi connectivity index (χ4v) is 4.52. The van der Waals surface area contributed by atoms with Crippen LogP contribution in [0.3, 0.4) is 0 Å². The van der Waals surface area contributed by atoms with Crippen molar-refractivity contribution in [3.05, 3.63) is 46.4 Å². The molecule has 0 unspecified atom stereocenters. The smallest absolute Gasteiger partial charge is 0.319 e. The van der Waals surface area contributed by atoms with Gasteiger partial charge in [0.15, 0.2) is 0 Å². The molecule has 3 atom stereocenters. The summed E-state index contributed by atoms with van der Waals surface area (Å²) in [7, 11) is 3.96. The van der Waals surface area contributed by atoms with Crippen LogP contribution in [0.2, 0.25) is 0 Å². The number of ether oxygens (including phenoxy) is 1. The van der Waals surface area contributed by atoms with E-state index in [1.807, 2.05) is 44.3 Å². The van der Waals surface area contributed by atoms with Crippen LogP contribution in [0.15, 0.2) is 35.7 Å². The molecule has 0 bridgehead atoms. The van der Waals surface area contributed by atoms with Gasteiger partial charge in [0.1, 0.15) is 5.82 Å². The molecule has 0 spiro atoms. The van der Waals surface area contributed by atoms with Crippen LogP contribution in [-0.4, -0.2) is 56.9 Å². The van der Waals surface area contributed by atoms with Crippen molar-refractivity contribution in [2.24, 2.45) is 0 Å². The number of hydrogen-bond donors (Lipinski definition) is 2. The summed E-state index contributed by atoms with van der Waals surface area (Å²) in [6.07, 6.45) is 0.101. The first-order chi connectivity index (χ1) is 13.8. The van der Waals surface area contributed by atoms with E-state index in [9.17, 15) is 9.18 Å². The number of nitrogens with zero attached hydrogens (tertiary/aromatic N) is 2. The van der Waals surface area contributed by atoms with E-state index in [-0.39, 0.29) is 30.1 Å². The molecule has 0 radical (unpaired) electrons. The van der Waals surface area contributed by atoms with E-state index in [1.165, 1.54) is 10.9 Å². The Bertz CT molecular complexity index is 805. The molecule has 158 valence electrons. The highest BCUT2D eigenvalue weighted by Crippen LogP contribution is 2.26. The molecule has 1 saturated heterocycles. The zero-order valence-corrected chi connectivity index (χ0v) is 18.1. The van der Waals surface area contributed by atoms with Crippen LogP contribution >= 0.6 is 11.3 Å². The molecule has 29 heavy (non-hydrogen) atoms. The Hall–Kier alpha value is -2.16. The van der Waals surface area contributed by atoms with Gasteiger partial charge in [0.05, 0.1) is 23.9 Å². The predicted molar refractivity (Wildman–Crippen MR) is 116 cm³/mol. The van der Waals surface area contributed by atoms with Crippen molar-refractivity contribution in [1.29, 1.82) is 0 Å². The van der Waals surface area contributed by atoms with Gasteiger partial charge in [-0.25, -0.2) is 9.18 Å². The third-order valence-electron chi connectivity index (χ3n) is 4.92. The zero-order chi connectivity index (χ0) is 21.0. The van der Waals surface area contributed by atoms with Crippen LogP contribution in [0, 0.1) is 5.82 Å². The summed E-state index contributed by atoms with van der Waals surface area (Å²) in [4.78, 5) is 17.5. The van der Waals surface area contributed by atoms with Crippen LogP contribution in [0.4, 0.5) is 20.6 Å². The lowest BCUT2D eigenvalue weighted by Crippen LogP contribution is -2.45. The second kappa shape index (κ2) is 9.56. The molecule has 2 heterocycles. The first-order valence-electron chi connectivity index (χ1n) is 9.78. The number of halogens is 1. The molecular formula is C21H29FN4O2S. The first kappa shape index (κ1) is 21.5. The van der Waals surface area contributed by atoms with E-state index in [0.717, 1.165) is 0 Å². The van der Waals surface area contributed by atoms with E-state index in [2.05, 4.69) is 21.6 Å². The molecule has 1 fully saturated rings. The van der Waals surface area contributed by atoms with Crippen LogP contribution in [0.1, 0.15) is 24.8 Å². The van der Waals surface area contributed by atoms with Gasteiger partial charge in [0.2, 0.25) is 0 Å². The number of thiophene rings is 1. The number of carbonyl (C=O) groups is 1. The number of anilines is 2. The fraction of sp³-hybridized carbons (Fsp3) is 0.476. The maximum Gasteiger partial charge on any atom is 0.319 e. The SMILES string of the molecule is C[C@@H]1CN(c2ccc(NC(=O)NC[C@H](c3cccs3)N(C)C)cc2F)C[C@H](C)O1. The second-order valence-electron chi connectivity index (χ2n) is 7.66. The molecule has 1 aromatic heterocycles. The number of likely N-dealkylation sites (N-methyl/N-ethyl adjacent to an activating group) is 1. The average molecular weight is 421 g/mol. The van der Waals surface area contributed by atoms with Crippen LogP contribution in [-0.2, 0) is 4.74 Å². The molecular weight excluding hydrogens is 391 g/mol. The van der Waals surface area contributed by atoms with Crippen molar-refractivity contribution in [2.75, 3.05) is 43.9 Å². The van der Waals surface area contributed by atoms with Crippen molar-refractivity contribution < 1.29 is 13.9 Å². The summed E-state index contributed by atoms with van der Waals surface area (Å²) in [6, 6.07) is 8.59. The van der Waals surface area contributed by atoms with Gasteiger partial charge < -0.3 is 25.2 Å². The number of hydrogen-bond acceptors (Lipinski definition) is 5. The lowest BCUT2D eigenvalue weighted by atomic mass is 10.2. The minimum atomic E-state index is -0.353. The molecule has 1 aromatic carbocycles. The van der Waals surface area contributed by atoms with Gasteiger partial charge in [-0.3, -0.25) is 0 Å². The topological polar surface area (TPSA) is 56.8 Å². The molecule has 1 aliphatic heterocycles. The first-order valence-corrected chi connectivity index (χ1v) is 10.7. The minimum absolute atomic E-state index is 0.0507. The average Bonchev–Trinajstić information content (AvgIpc) is 3.15. The highest BCUT2D eigenvalue weighted by atomic mass is 32.1. The molecule has 0 saturated carbocycles. The Labute approximate surface area is 175 Å².